The summed E-state index contributed by atoms with van der Waals surface area (Å²) in [5, 5.41) is 0. The van der Waals surface area contributed by atoms with E-state index in [-0.39, 0.29) is 0 Å². The maximum absolute atomic E-state index is 11.1. The maximum atomic E-state index is 11.1. The van der Waals surface area contributed by atoms with E-state index in [9.17, 15) is 4.79 Å². The summed E-state index contributed by atoms with van der Waals surface area (Å²) in [6, 6.07) is 15.5. The quantitative estimate of drug-likeness (QED) is 0.748. The van der Waals surface area contributed by atoms with Crippen LogP contribution in [0.5, 0.6) is 0 Å². The van der Waals surface area contributed by atoms with Gasteiger partial charge in [-0.1, -0.05) is 18.6 Å². The van der Waals surface area contributed by atoms with Crippen LogP contribution in [0, 0.1) is 6.92 Å². The zero-order chi connectivity index (χ0) is 14.4. The van der Waals surface area contributed by atoms with Crippen LogP contribution in [-0.4, -0.2) is 12.3 Å². The molecule has 2 heteroatoms. The molecule has 0 saturated heterocycles. The van der Waals surface area contributed by atoms with Crippen LogP contribution in [0.2, 0.25) is 0 Å². The number of hydrogen-bond acceptors (Lipinski definition) is 2. The van der Waals surface area contributed by atoms with E-state index in [0.717, 1.165) is 11.8 Å². The molecule has 1 heterocycles. The molecule has 2 atom stereocenters. The number of aryl methyl sites for hydroxylation is 1. The number of hydrogen-bond donors (Lipinski definition) is 0. The first-order valence-corrected chi connectivity index (χ1v) is 7.73. The van der Waals surface area contributed by atoms with Gasteiger partial charge in [0.1, 0.15) is 6.29 Å². The molecule has 0 bridgehead atoms. The summed E-state index contributed by atoms with van der Waals surface area (Å²) in [5.74, 6) is 0.584. The fourth-order valence-electron chi connectivity index (χ4n) is 4.06. The molecule has 1 saturated carbocycles. The molecule has 2 nitrogen and oxygen atoms in total. The Balaban J connectivity index is 1.87. The fourth-order valence-corrected chi connectivity index (χ4v) is 4.06. The van der Waals surface area contributed by atoms with Gasteiger partial charge in [0.25, 0.3) is 0 Å². The average Bonchev–Trinajstić information content (AvgIpc) is 3.06. The van der Waals surface area contributed by atoms with Gasteiger partial charge < -0.3 is 4.90 Å². The molecule has 0 radical (unpaired) electrons. The van der Waals surface area contributed by atoms with Crippen LogP contribution in [0.3, 0.4) is 0 Å². The third kappa shape index (κ3) is 1.90. The Hall–Kier alpha value is -2.09. The molecule has 2 aliphatic rings. The number of rotatable bonds is 2. The van der Waals surface area contributed by atoms with E-state index in [0.29, 0.717) is 12.0 Å². The maximum Gasteiger partial charge on any atom is 0.150 e. The smallest absolute Gasteiger partial charge is 0.150 e. The van der Waals surface area contributed by atoms with Crippen molar-refractivity contribution >= 4 is 17.7 Å². The lowest BCUT2D eigenvalue weighted by atomic mass is 9.96. The van der Waals surface area contributed by atoms with Crippen LogP contribution < -0.4 is 4.90 Å². The Bertz CT molecular complexity index is 706. The second-order valence-corrected chi connectivity index (χ2v) is 6.25. The molecule has 2 aromatic carbocycles. The van der Waals surface area contributed by atoms with Crippen molar-refractivity contribution in [2.45, 2.75) is 38.1 Å². The van der Waals surface area contributed by atoms with Crippen molar-refractivity contribution in [3.8, 4) is 0 Å². The average molecular weight is 277 g/mol. The lowest BCUT2D eigenvalue weighted by molar-refractivity contribution is 0.112. The zero-order valence-corrected chi connectivity index (χ0v) is 12.3. The van der Waals surface area contributed by atoms with Gasteiger partial charge in [-0.15, -0.1) is 0 Å². The first-order valence-electron chi connectivity index (χ1n) is 7.73. The summed E-state index contributed by atoms with van der Waals surface area (Å²) in [6.07, 6.45) is 4.72. The lowest BCUT2D eigenvalue weighted by Crippen LogP contribution is -2.26. The Morgan fingerprint density at radius 3 is 2.86 bits per heavy atom. The normalized spacial score (nSPS) is 23.0. The second-order valence-electron chi connectivity index (χ2n) is 6.25. The second kappa shape index (κ2) is 4.73. The summed E-state index contributed by atoms with van der Waals surface area (Å²) < 4.78 is 0. The van der Waals surface area contributed by atoms with Crippen LogP contribution in [-0.2, 0) is 0 Å². The van der Waals surface area contributed by atoms with Gasteiger partial charge >= 0.3 is 0 Å². The van der Waals surface area contributed by atoms with Crippen LogP contribution >= 0.6 is 0 Å². The van der Waals surface area contributed by atoms with Gasteiger partial charge in [-0.05, 0) is 61.2 Å². The van der Waals surface area contributed by atoms with Gasteiger partial charge in [-0.25, -0.2) is 0 Å². The van der Waals surface area contributed by atoms with E-state index in [4.69, 9.17) is 0 Å². The minimum absolute atomic E-state index is 0.559. The minimum Gasteiger partial charge on any atom is -0.338 e. The third-order valence-electron chi connectivity index (χ3n) is 4.94. The number of carbonyl (C=O) groups excluding carboxylic acids is 1. The van der Waals surface area contributed by atoms with Crippen molar-refractivity contribution in [2.24, 2.45) is 0 Å². The predicted octanol–water partition coefficient (Wildman–Crippen LogP) is 4.60. The van der Waals surface area contributed by atoms with E-state index < -0.39 is 0 Å². The van der Waals surface area contributed by atoms with Crippen molar-refractivity contribution in [1.82, 2.24) is 0 Å². The highest BCUT2D eigenvalue weighted by molar-refractivity contribution is 5.81. The largest absolute Gasteiger partial charge is 0.338 e. The fraction of sp³-hybridized carbons (Fsp3) is 0.316. The molecule has 0 spiro atoms. The number of aldehydes is 1. The number of anilines is 2. The summed E-state index contributed by atoms with van der Waals surface area (Å²) in [6.45, 7) is 2.14. The molecule has 21 heavy (non-hydrogen) atoms. The van der Waals surface area contributed by atoms with Crippen LogP contribution in [0.1, 0.15) is 46.7 Å². The van der Waals surface area contributed by atoms with E-state index in [1.807, 2.05) is 6.07 Å². The molecule has 1 fully saturated rings. The first-order chi connectivity index (χ1) is 10.3. The topological polar surface area (TPSA) is 20.3 Å². The Labute approximate surface area is 125 Å². The first kappa shape index (κ1) is 12.6. The Morgan fingerprint density at radius 2 is 2.05 bits per heavy atom. The standard InChI is InChI=1S/C19H19NO/c1-13-4-2-5-15(10-13)20-18-7-3-6-16(18)17-11-14(12-21)8-9-19(17)20/h2,4-5,8-12,16,18H,3,6-7H2,1H3. The highest BCUT2D eigenvalue weighted by atomic mass is 16.1. The van der Waals surface area contributed by atoms with Gasteiger partial charge in [0.05, 0.1) is 0 Å². The molecule has 0 aromatic heterocycles. The van der Waals surface area contributed by atoms with E-state index >= 15 is 0 Å². The molecule has 0 amide bonds. The number of carbonyl (C=O) groups is 1. The Morgan fingerprint density at radius 1 is 1.14 bits per heavy atom. The number of fused-ring (bicyclic) bond motifs is 3. The van der Waals surface area contributed by atoms with Crippen molar-refractivity contribution in [1.29, 1.82) is 0 Å². The van der Waals surface area contributed by atoms with Gasteiger partial charge in [0.2, 0.25) is 0 Å². The van der Waals surface area contributed by atoms with Crippen LogP contribution in [0.4, 0.5) is 11.4 Å². The van der Waals surface area contributed by atoms with Crippen molar-refractivity contribution in [3.05, 3.63) is 59.2 Å². The monoisotopic (exact) mass is 277 g/mol. The third-order valence-corrected chi connectivity index (χ3v) is 4.94. The molecular formula is C19H19NO. The molecule has 2 unspecified atom stereocenters. The van der Waals surface area contributed by atoms with E-state index in [2.05, 4.69) is 48.2 Å². The van der Waals surface area contributed by atoms with Gasteiger partial charge in [0, 0.05) is 28.9 Å². The Kier molecular flexibility index (Phi) is 2.85. The van der Waals surface area contributed by atoms with Crippen molar-refractivity contribution in [2.75, 3.05) is 4.90 Å². The molecule has 1 aliphatic carbocycles. The van der Waals surface area contributed by atoms with Gasteiger partial charge in [-0.2, -0.15) is 0 Å². The van der Waals surface area contributed by atoms with Crippen molar-refractivity contribution in [3.63, 3.8) is 0 Å². The number of nitrogens with zero attached hydrogens (tertiary/aromatic N) is 1. The summed E-state index contributed by atoms with van der Waals surface area (Å²) in [5.41, 5.74) is 6.03. The van der Waals surface area contributed by atoms with Gasteiger partial charge in [0.15, 0.2) is 0 Å². The summed E-state index contributed by atoms with van der Waals surface area (Å²) >= 11 is 0. The summed E-state index contributed by atoms with van der Waals surface area (Å²) in [4.78, 5) is 13.6. The van der Waals surface area contributed by atoms with Crippen LogP contribution in [0.15, 0.2) is 42.5 Å². The van der Waals surface area contributed by atoms with Crippen molar-refractivity contribution < 1.29 is 4.79 Å². The zero-order valence-electron chi connectivity index (χ0n) is 12.3. The van der Waals surface area contributed by atoms with Gasteiger partial charge in [-0.3, -0.25) is 4.79 Å². The molecule has 106 valence electrons. The van der Waals surface area contributed by atoms with Crippen LogP contribution in [0.25, 0.3) is 0 Å². The SMILES string of the molecule is Cc1cccc(N2c3ccc(C=O)cc3C3CCCC32)c1. The molecule has 0 N–H and O–H groups in total. The lowest BCUT2D eigenvalue weighted by Gasteiger charge is -2.27. The number of benzene rings is 2. The molecule has 2 aromatic rings. The minimum atomic E-state index is 0.559. The highest BCUT2D eigenvalue weighted by Gasteiger charge is 2.42. The summed E-state index contributed by atoms with van der Waals surface area (Å²) in [7, 11) is 0. The molecular weight excluding hydrogens is 258 g/mol. The van der Waals surface area contributed by atoms with E-state index in [1.165, 1.54) is 41.8 Å². The highest BCUT2D eigenvalue weighted by Crippen LogP contribution is 2.52. The molecule has 1 aliphatic heterocycles. The predicted molar refractivity (Wildman–Crippen MR) is 85.5 cm³/mol. The van der Waals surface area contributed by atoms with E-state index in [1.54, 1.807) is 0 Å². The molecule has 4 rings (SSSR count).